The van der Waals surface area contributed by atoms with Crippen molar-refractivity contribution in [2.75, 3.05) is 19.8 Å². The maximum atomic E-state index is 12.5. The summed E-state index contributed by atoms with van der Waals surface area (Å²) in [5.41, 5.74) is 5.32. The molecule has 8 nitrogen and oxygen atoms in total. The highest BCUT2D eigenvalue weighted by Gasteiger charge is 2.26. The number of nitrogens with one attached hydrogen (secondary N) is 1. The predicted octanol–water partition coefficient (Wildman–Crippen LogP) is 7.32. The summed E-state index contributed by atoms with van der Waals surface area (Å²) < 4.78 is 21.9. The van der Waals surface area contributed by atoms with Crippen LogP contribution < -0.4 is 11.1 Å². The number of hydrogen-bond acceptors (Lipinski definition) is 6. The minimum Gasteiger partial charge on any atom is -0.387 e. The van der Waals surface area contributed by atoms with E-state index in [1.807, 2.05) is 6.08 Å². The van der Waals surface area contributed by atoms with Crippen molar-refractivity contribution in [3.8, 4) is 0 Å². The number of unbranched alkanes of at least 4 members (excludes halogenated alkanes) is 17. The molecule has 0 aromatic heterocycles. The molecule has 1 unspecified atom stereocenters. The second-order valence-corrected chi connectivity index (χ2v) is 12.1. The molecule has 0 aliphatic carbocycles. The molecule has 0 bridgehead atoms. The van der Waals surface area contributed by atoms with Crippen molar-refractivity contribution in [2.24, 2.45) is 5.73 Å². The number of carbonyl (C=O) groups excluding carboxylic acids is 1. The summed E-state index contributed by atoms with van der Waals surface area (Å²) in [6, 6.07) is -0.850. The Morgan fingerprint density at radius 3 is 1.82 bits per heavy atom. The van der Waals surface area contributed by atoms with Crippen molar-refractivity contribution in [3.63, 3.8) is 0 Å². The molecule has 0 aliphatic rings. The Kier molecular flexibility index (Phi) is 26.9. The normalized spacial score (nSPS) is 14.9. The zero-order chi connectivity index (χ0) is 29.0. The number of nitrogens with two attached hydrogens (primary N) is 1. The molecule has 5 N–H and O–H groups in total. The minimum atomic E-state index is -4.31. The van der Waals surface area contributed by atoms with E-state index in [9.17, 15) is 19.4 Å². The number of allylic oxidation sites excluding steroid dienone is 1. The van der Waals surface area contributed by atoms with Crippen LogP contribution in [0.1, 0.15) is 142 Å². The van der Waals surface area contributed by atoms with Crippen LogP contribution in [0.4, 0.5) is 0 Å². The Labute approximate surface area is 239 Å². The molecule has 232 valence electrons. The molecule has 0 aromatic carbocycles. The monoisotopic (exact) mass is 576 g/mol. The molecule has 3 atom stereocenters. The lowest BCUT2D eigenvalue weighted by Crippen LogP contribution is -2.45. The van der Waals surface area contributed by atoms with E-state index in [0.717, 1.165) is 38.5 Å². The molecule has 0 heterocycles. The van der Waals surface area contributed by atoms with Crippen LogP contribution in [-0.2, 0) is 18.4 Å². The maximum Gasteiger partial charge on any atom is 0.472 e. The number of aliphatic hydroxyl groups is 1. The van der Waals surface area contributed by atoms with Gasteiger partial charge in [0.2, 0.25) is 5.91 Å². The highest BCUT2D eigenvalue weighted by Crippen LogP contribution is 2.43. The van der Waals surface area contributed by atoms with E-state index >= 15 is 0 Å². The first-order valence-electron chi connectivity index (χ1n) is 15.8. The second kappa shape index (κ2) is 27.4. The maximum absolute atomic E-state index is 12.5. The number of carbonyl (C=O) groups is 1. The van der Waals surface area contributed by atoms with Crippen molar-refractivity contribution in [3.05, 3.63) is 12.2 Å². The highest BCUT2D eigenvalue weighted by molar-refractivity contribution is 7.47. The Bertz CT molecular complexity index is 635. The van der Waals surface area contributed by atoms with Crippen LogP contribution >= 0.6 is 7.82 Å². The SMILES string of the molecule is CCCCCCCCCCC/C=C/[C@@H](O)[C@H](COP(=O)(O)OCCN)NC(=O)CCCCCCCCCCC. The summed E-state index contributed by atoms with van der Waals surface area (Å²) in [6.07, 6.45) is 25.4. The number of aliphatic hydroxyl groups excluding tert-OH is 1. The quantitative estimate of drug-likeness (QED) is 0.0417. The smallest absolute Gasteiger partial charge is 0.387 e. The number of rotatable bonds is 29. The molecule has 1 amide bonds. The molecule has 0 saturated carbocycles. The van der Waals surface area contributed by atoms with Gasteiger partial charge < -0.3 is 21.1 Å². The lowest BCUT2D eigenvalue weighted by molar-refractivity contribution is -0.123. The number of amides is 1. The largest absolute Gasteiger partial charge is 0.472 e. The van der Waals surface area contributed by atoms with E-state index in [4.69, 9.17) is 14.8 Å². The summed E-state index contributed by atoms with van der Waals surface area (Å²) >= 11 is 0. The van der Waals surface area contributed by atoms with Crippen LogP contribution in [-0.4, -0.2) is 47.8 Å². The highest BCUT2D eigenvalue weighted by atomic mass is 31.2. The fourth-order valence-corrected chi connectivity index (χ4v) is 5.18. The fourth-order valence-electron chi connectivity index (χ4n) is 4.42. The Morgan fingerprint density at radius 1 is 0.821 bits per heavy atom. The molecule has 0 spiro atoms. The fraction of sp³-hybridized carbons (Fsp3) is 0.900. The van der Waals surface area contributed by atoms with Gasteiger partial charge in [-0.1, -0.05) is 129 Å². The van der Waals surface area contributed by atoms with Crippen LogP contribution in [0.5, 0.6) is 0 Å². The Balaban J connectivity index is 4.46. The van der Waals surface area contributed by atoms with Gasteiger partial charge in [0.1, 0.15) is 0 Å². The average molecular weight is 577 g/mol. The summed E-state index contributed by atoms with van der Waals surface area (Å²) in [5.74, 6) is -0.200. The topological polar surface area (TPSA) is 131 Å². The van der Waals surface area contributed by atoms with Gasteiger partial charge in [0.15, 0.2) is 0 Å². The van der Waals surface area contributed by atoms with Crippen LogP contribution in [0.15, 0.2) is 12.2 Å². The van der Waals surface area contributed by atoms with Gasteiger partial charge in [0.05, 0.1) is 25.4 Å². The third-order valence-electron chi connectivity index (χ3n) is 6.86. The summed E-state index contributed by atoms with van der Waals surface area (Å²) in [5, 5.41) is 13.5. The van der Waals surface area contributed by atoms with E-state index < -0.39 is 20.0 Å². The number of hydrogen-bond donors (Lipinski definition) is 4. The van der Waals surface area contributed by atoms with Crippen LogP contribution in [0.25, 0.3) is 0 Å². The van der Waals surface area contributed by atoms with Gasteiger partial charge in [-0.05, 0) is 19.3 Å². The van der Waals surface area contributed by atoms with E-state index in [-0.39, 0.29) is 25.7 Å². The average Bonchev–Trinajstić information content (AvgIpc) is 2.91. The summed E-state index contributed by atoms with van der Waals surface area (Å²) in [6.45, 7) is 4.07. The lowest BCUT2D eigenvalue weighted by atomic mass is 10.1. The Hall–Kier alpha value is -0.760. The van der Waals surface area contributed by atoms with Gasteiger partial charge in [0.25, 0.3) is 0 Å². The first-order chi connectivity index (χ1) is 18.9. The van der Waals surface area contributed by atoms with Crippen LogP contribution in [0, 0.1) is 0 Å². The van der Waals surface area contributed by atoms with E-state index in [0.29, 0.717) is 6.42 Å². The van der Waals surface area contributed by atoms with Gasteiger partial charge in [-0.2, -0.15) is 0 Å². The zero-order valence-electron chi connectivity index (χ0n) is 25.1. The molecule has 0 aromatic rings. The second-order valence-electron chi connectivity index (χ2n) is 10.7. The van der Waals surface area contributed by atoms with Gasteiger partial charge in [-0.25, -0.2) is 4.57 Å². The Morgan fingerprint density at radius 2 is 1.31 bits per heavy atom. The van der Waals surface area contributed by atoms with Gasteiger partial charge in [0, 0.05) is 13.0 Å². The molecular formula is C30H61N2O6P. The van der Waals surface area contributed by atoms with Gasteiger partial charge >= 0.3 is 7.82 Å². The van der Waals surface area contributed by atoms with Crippen LogP contribution in [0.3, 0.4) is 0 Å². The van der Waals surface area contributed by atoms with Gasteiger partial charge in [-0.3, -0.25) is 13.8 Å². The molecule has 0 rings (SSSR count). The number of phosphoric ester groups is 1. The van der Waals surface area contributed by atoms with Crippen molar-refractivity contribution in [2.45, 2.75) is 154 Å². The summed E-state index contributed by atoms with van der Waals surface area (Å²) in [7, 11) is -4.31. The third-order valence-corrected chi connectivity index (χ3v) is 7.85. The molecule has 0 fully saturated rings. The molecule has 39 heavy (non-hydrogen) atoms. The first kappa shape index (κ1) is 38.2. The van der Waals surface area contributed by atoms with Crippen molar-refractivity contribution < 1.29 is 28.4 Å². The van der Waals surface area contributed by atoms with Crippen molar-refractivity contribution in [1.82, 2.24) is 5.32 Å². The predicted molar refractivity (Wildman–Crippen MR) is 162 cm³/mol. The zero-order valence-corrected chi connectivity index (χ0v) is 26.0. The molecular weight excluding hydrogens is 515 g/mol. The van der Waals surface area contributed by atoms with Crippen molar-refractivity contribution in [1.29, 1.82) is 0 Å². The molecule has 0 saturated heterocycles. The van der Waals surface area contributed by atoms with Gasteiger partial charge in [-0.15, -0.1) is 0 Å². The van der Waals surface area contributed by atoms with Crippen molar-refractivity contribution >= 4 is 13.7 Å². The third kappa shape index (κ3) is 25.9. The first-order valence-corrected chi connectivity index (χ1v) is 17.3. The summed E-state index contributed by atoms with van der Waals surface area (Å²) in [4.78, 5) is 22.4. The molecule has 0 aliphatic heterocycles. The molecule has 9 heteroatoms. The standard InChI is InChI=1S/C30H61N2O6P/c1-3-5-7-9-11-13-14-16-17-19-21-23-29(33)28(27-38-39(35,36)37-26-25-31)32-30(34)24-22-20-18-15-12-10-8-6-4-2/h21,23,28-29,33H,3-20,22,24-27,31H2,1-2H3,(H,32,34)(H,35,36)/b23-21+/t28-,29+/m0/s1. The van der Waals surface area contributed by atoms with E-state index in [1.54, 1.807) is 6.08 Å². The van der Waals surface area contributed by atoms with Crippen LogP contribution in [0.2, 0.25) is 0 Å². The molecule has 0 radical (unpaired) electrons. The lowest BCUT2D eigenvalue weighted by Gasteiger charge is -2.23. The number of phosphoric acid groups is 1. The van der Waals surface area contributed by atoms with E-state index in [2.05, 4.69) is 19.2 Å². The minimum absolute atomic E-state index is 0.0804. The van der Waals surface area contributed by atoms with E-state index in [1.165, 1.54) is 83.5 Å².